The Morgan fingerprint density at radius 1 is 1.61 bits per heavy atom. The van der Waals surface area contributed by atoms with E-state index in [-0.39, 0.29) is 12.1 Å². The van der Waals surface area contributed by atoms with Crippen LogP contribution >= 0.6 is 0 Å². The zero-order chi connectivity index (χ0) is 13.8. The monoisotopic (exact) mass is 254 g/mol. The number of rotatable bonds is 5. The summed E-state index contributed by atoms with van der Waals surface area (Å²) < 4.78 is 13.3. The molecule has 0 saturated heterocycles. The number of carbonyl (C=O) groups excluding carboxylic acids is 1. The molecule has 1 unspecified atom stereocenters. The molecule has 0 fully saturated rings. The fourth-order valence-corrected chi connectivity index (χ4v) is 1.88. The molecule has 100 valence electrons. The van der Waals surface area contributed by atoms with E-state index in [0.29, 0.717) is 12.3 Å². The first-order valence-electron chi connectivity index (χ1n) is 5.92. The Kier molecular flexibility index (Phi) is 4.78. The fourth-order valence-electron chi connectivity index (χ4n) is 1.88. The number of carbonyl (C=O) groups is 1. The second-order valence-electron chi connectivity index (χ2n) is 5.13. The summed E-state index contributed by atoms with van der Waals surface area (Å²) in [4.78, 5) is 15.3. The van der Waals surface area contributed by atoms with Crippen molar-refractivity contribution in [3.63, 3.8) is 0 Å². The van der Waals surface area contributed by atoms with E-state index in [1.54, 1.807) is 6.92 Å². The molecule has 1 atom stereocenters. The number of aromatic nitrogens is 1. The highest BCUT2D eigenvalue weighted by atomic mass is 19.1. The third kappa shape index (κ3) is 4.41. The molecule has 1 amide bonds. The number of nitrogens with one attached hydrogen (secondary N) is 1. The molecule has 0 spiro atoms. The van der Waals surface area contributed by atoms with Gasteiger partial charge in [0.15, 0.2) is 5.82 Å². The first-order chi connectivity index (χ1) is 8.32. The van der Waals surface area contributed by atoms with Crippen molar-refractivity contribution in [2.24, 2.45) is 5.92 Å². The minimum atomic E-state index is -0.993. The zero-order valence-electron chi connectivity index (χ0n) is 10.9. The SMILES string of the molecule is CC(C)CC(C)(O)CNC(=O)c1ccncc1F. The number of halogens is 1. The van der Waals surface area contributed by atoms with Crippen molar-refractivity contribution >= 4 is 5.91 Å². The molecule has 0 aliphatic rings. The maximum Gasteiger partial charge on any atom is 0.254 e. The molecule has 0 saturated carbocycles. The van der Waals surface area contributed by atoms with Crippen molar-refractivity contribution < 1.29 is 14.3 Å². The summed E-state index contributed by atoms with van der Waals surface area (Å²) in [6, 6.07) is 1.31. The summed E-state index contributed by atoms with van der Waals surface area (Å²) in [5, 5.41) is 12.6. The molecule has 2 N–H and O–H groups in total. The normalized spacial score (nSPS) is 14.3. The first kappa shape index (κ1) is 14.6. The first-order valence-corrected chi connectivity index (χ1v) is 5.92. The van der Waals surface area contributed by atoms with Gasteiger partial charge in [-0.15, -0.1) is 0 Å². The Hall–Kier alpha value is -1.49. The summed E-state index contributed by atoms with van der Waals surface area (Å²) in [5.74, 6) is -0.896. The van der Waals surface area contributed by atoms with E-state index in [1.807, 2.05) is 13.8 Å². The highest BCUT2D eigenvalue weighted by molar-refractivity contribution is 5.94. The molecule has 0 aromatic carbocycles. The Morgan fingerprint density at radius 3 is 2.83 bits per heavy atom. The van der Waals surface area contributed by atoms with E-state index in [4.69, 9.17) is 0 Å². The largest absolute Gasteiger partial charge is 0.388 e. The molecule has 1 aromatic heterocycles. The summed E-state index contributed by atoms with van der Waals surface area (Å²) in [6.45, 7) is 5.71. The molecule has 0 radical (unpaired) electrons. The van der Waals surface area contributed by atoms with Gasteiger partial charge in [-0.05, 0) is 25.3 Å². The Morgan fingerprint density at radius 2 is 2.28 bits per heavy atom. The number of aliphatic hydroxyl groups is 1. The third-order valence-corrected chi connectivity index (χ3v) is 2.49. The molecule has 0 bridgehead atoms. The molecular weight excluding hydrogens is 235 g/mol. The predicted molar refractivity (Wildman–Crippen MR) is 66.6 cm³/mol. The Labute approximate surface area is 106 Å². The van der Waals surface area contributed by atoms with E-state index in [2.05, 4.69) is 10.3 Å². The second kappa shape index (κ2) is 5.91. The number of hydrogen-bond donors (Lipinski definition) is 2. The van der Waals surface area contributed by atoms with Crippen molar-refractivity contribution in [2.45, 2.75) is 32.8 Å². The van der Waals surface area contributed by atoms with Crippen LogP contribution in [0.25, 0.3) is 0 Å². The maximum atomic E-state index is 13.3. The summed E-state index contributed by atoms with van der Waals surface area (Å²) in [5.41, 5.74) is -1.06. The van der Waals surface area contributed by atoms with Gasteiger partial charge in [0, 0.05) is 12.7 Å². The van der Waals surface area contributed by atoms with Crippen LogP contribution in [-0.2, 0) is 0 Å². The molecule has 18 heavy (non-hydrogen) atoms. The molecule has 0 aliphatic heterocycles. The fraction of sp³-hybridized carbons (Fsp3) is 0.538. The predicted octanol–water partition coefficient (Wildman–Crippen LogP) is 1.75. The van der Waals surface area contributed by atoms with Crippen molar-refractivity contribution in [1.29, 1.82) is 0 Å². The molecule has 0 aliphatic carbocycles. The van der Waals surface area contributed by atoms with Crippen molar-refractivity contribution in [3.8, 4) is 0 Å². The van der Waals surface area contributed by atoms with E-state index >= 15 is 0 Å². The molecule has 1 rings (SSSR count). The summed E-state index contributed by atoms with van der Waals surface area (Å²) >= 11 is 0. The van der Waals surface area contributed by atoms with Crippen LogP contribution in [0, 0.1) is 11.7 Å². The summed E-state index contributed by atoms with van der Waals surface area (Å²) in [6.07, 6.45) is 2.90. The van der Waals surface area contributed by atoms with E-state index in [0.717, 1.165) is 6.20 Å². The lowest BCUT2D eigenvalue weighted by Gasteiger charge is -2.25. The van der Waals surface area contributed by atoms with Gasteiger partial charge in [-0.1, -0.05) is 13.8 Å². The third-order valence-electron chi connectivity index (χ3n) is 2.49. The second-order valence-corrected chi connectivity index (χ2v) is 5.13. The molecular formula is C13H19FN2O2. The topological polar surface area (TPSA) is 62.2 Å². The quantitative estimate of drug-likeness (QED) is 0.841. The van der Waals surface area contributed by atoms with Crippen LogP contribution in [0.4, 0.5) is 4.39 Å². The van der Waals surface area contributed by atoms with Gasteiger partial charge in [0.25, 0.3) is 5.91 Å². The highest BCUT2D eigenvalue weighted by Gasteiger charge is 2.23. The van der Waals surface area contributed by atoms with Crippen LogP contribution in [0.15, 0.2) is 18.5 Å². The van der Waals surface area contributed by atoms with Crippen molar-refractivity contribution in [1.82, 2.24) is 10.3 Å². The summed E-state index contributed by atoms with van der Waals surface area (Å²) in [7, 11) is 0. The van der Waals surface area contributed by atoms with Crippen LogP contribution in [-0.4, -0.2) is 28.1 Å². The van der Waals surface area contributed by atoms with E-state index in [9.17, 15) is 14.3 Å². The van der Waals surface area contributed by atoms with Gasteiger partial charge in [0.2, 0.25) is 0 Å². The number of pyridine rings is 1. The Bertz CT molecular complexity index is 419. The smallest absolute Gasteiger partial charge is 0.254 e. The molecule has 5 heteroatoms. The van der Waals surface area contributed by atoms with Crippen molar-refractivity contribution in [2.75, 3.05) is 6.54 Å². The average Bonchev–Trinajstić information content (AvgIpc) is 2.25. The van der Waals surface area contributed by atoms with Crippen LogP contribution in [0.1, 0.15) is 37.6 Å². The number of nitrogens with zero attached hydrogens (tertiary/aromatic N) is 1. The standard InChI is InChI=1S/C13H19FN2O2/c1-9(2)6-13(3,18)8-16-12(17)10-4-5-15-7-11(10)14/h4-5,7,9,18H,6,8H2,1-3H3,(H,16,17). The van der Waals surface area contributed by atoms with Gasteiger partial charge in [-0.25, -0.2) is 4.39 Å². The van der Waals surface area contributed by atoms with Gasteiger partial charge in [-0.2, -0.15) is 0 Å². The molecule has 4 nitrogen and oxygen atoms in total. The van der Waals surface area contributed by atoms with Crippen LogP contribution in [0.2, 0.25) is 0 Å². The maximum absolute atomic E-state index is 13.3. The van der Waals surface area contributed by atoms with Crippen LogP contribution in [0.5, 0.6) is 0 Å². The lowest BCUT2D eigenvalue weighted by atomic mass is 9.94. The highest BCUT2D eigenvalue weighted by Crippen LogP contribution is 2.15. The van der Waals surface area contributed by atoms with Crippen molar-refractivity contribution in [3.05, 3.63) is 29.8 Å². The lowest BCUT2D eigenvalue weighted by molar-refractivity contribution is 0.0367. The van der Waals surface area contributed by atoms with Gasteiger partial charge >= 0.3 is 0 Å². The Balaban J connectivity index is 2.59. The van der Waals surface area contributed by atoms with E-state index < -0.39 is 17.3 Å². The minimum absolute atomic E-state index is 0.0645. The van der Waals surface area contributed by atoms with Gasteiger partial charge in [0.05, 0.1) is 17.4 Å². The van der Waals surface area contributed by atoms with Crippen LogP contribution < -0.4 is 5.32 Å². The molecule has 1 aromatic rings. The lowest BCUT2D eigenvalue weighted by Crippen LogP contribution is -2.41. The van der Waals surface area contributed by atoms with Gasteiger partial charge < -0.3 is 10.4 Å². The zero-order valence-corrected chi connectivity index (χ0v) is 10.9. The molecule has 1 heterocycles. The van der Waals surface area contributed by atoms with Gasteiger partial charge in [0.1, 0.15) is 0 Å². The minimum Gasteiger partial charge on any atom is -0.388 e. The van der Waals surface area contributed by atoms with Crippen LogP contribution in [0.3, 0.4) is 0 Å². The van der Waals surface area contributed by atoms with Gasteiger partial charge in [-0.3, -0.25) is 9.78 Å². The number of amides is 1. The average molecular weight is 254 g/mol. The van der Waals surface area contributed by atoms with E-state index in [1.165, 1.54) is 12.3 Å². The number of hydrogen-bond acceptors (Lipinski definition) is 3.